The topological polar surface area (TPSA) is 34.1 Å². The van der Waals surface area contributed by atoms with Gasteiger partial charge in [-0.2, -0.15) is 0 Å². The van der Waals surface area contributed by atoms with Crippen molar-refractivity contribution in [2.45, 2.75) is 32.6 Å². The first kappa shape index (κ1) is 7.72. The molecule has 3 aliphatic rings. The Balaban J connectivity index is 2.04. The summed E-state index contributed by atoms with van der Waals surface area (Å²) in [5.74, 6) is 1.15. The highest BCUT2D eigenvalue weighted by Crippen LogP contribution is 2.61. The smallest absolute Gasteiger partial charge is 0.141 e. The molecule has 0 aromatic heterocycles. The van der Waals surface area contributed by atoms with Crippen LogP contribution < -0.4 is 0 Å². The van der Waals surface area contributed by atoms with Gasteiger partial charge in [-0.15, -0.1) is 0 Å². The van der Waals surface area contributed by atoms with E-state index in [-0.39, 0.29) is 23.2 Å². The number of carbonyl (C=O) groups is 2. The zero-order valence-electron chi connectivity index (χ0n) is 7.88. The number of rotatable bonds is 0. The number of hydrogen-bond donors (Lipinski definition) is 0. The largest absolute Gasteiger partial charge is 0.299 e. The van der Waals surface area contributed by atoms with E-state index in [9.17, 15) is 9.59 Å². The lowest BCUT2D eigenvalue weighted by atomic mass is 9.42. The zero-order valence-corrected chi connectivity index (χ0v) is 7.88. The molecule has 0 spiro atoms. The van der Waals surface area contributed by atoms with Crippen LogP contribution in [0.3, 0.4) is 0 Å². The van der Waals surface area contributed by atoms with Gasteiger partial charge in [0.1, 0.15) is 11.6 Å². The first-order valence-corrected chi connectivity index (χ1v) is 5.20. The van der Waals surface area contributed by atoms with Crippen LogP contribution in [0, 0.1) is 23.2 Å². The lowest BCUT2D eigenvalue weighted by molar-refractivity contribution is -0.176. The van der Waals surface area contributed by atoms with Gasteiger partial charge < -0.3 is 0 Å². The minimum atomic E-state index is 0.118. The van der Waals surface area contributed by atoms with E-state index < -0.39 is 0 Å². The summed E-state index contributed by atoms with van der Waals surface area (Å²) in [6.45, 7) is 2.20. The number of carbonyl (C=O) groups excluding carboxylic acids is 2. The van der Waals surface area contributed by atoms with Crippen molar-refractivity contribution >= 4 is 11.6 Å². The molecule has 13 heavy (non-hydrogen) atoms. The molecule has 0 amide bonds. The van der Waals surface area contributed by atoms with Gasteiger partial charge in [0.15, 0.2) is 0 Å². The maximum absolute atomic E-state index is 11.7. The van der Waals surface area contributed by atoms with E-state index in [1.165, 1.54) is 0 Å². The molecule has 2 nitrogen and oxygen atoms in total. The van der Waals surface area contributed by atoms with Crippen LogP contribution in [-0.4, -0.2) is 11.6 Å². The molecule has 3 rings (SSSR count). The molecule has 3 saturated carbocycles. The average Bonchev–Trinajstić information content (AvgIpc) is 2.10. The summed E-state index contributed by atoms with van der Waals surface area (Å²) in [6.07, 6.45) is 3.81. The number of Topliss-reactive ketones (excluding diaryl/α,β-unsaturated/α-hetero) is 2. The van der Waals surface area contributed by atoms with E-state index in [2.05, 4.69) is 6.92 Å². The molecule has 0 aromatic carbocycles. The van der Waals surface area contributed by atoms with Gasteiger partial charge in [0.05, 0.1) is 0 Å². The van der Waals surface area contributed by atoms with Crippen LogP contribution >= 0.6 is 0 Å². The molecule has 0 radical (unpaired) electrons. The lowest BCUT2D eigenvalue weighted by Crippen LogP contribution is -2.64. The molecule has 70 valence electrons. The van der Waals surface area contributed by atoms with E-state index in [0.29, 0.717) is 11.6 Å². The Morgan fingerprint density at radius 1 is 1.31 bits per heavy atom. The van der Waals surface area contributed by atoms with Gasteiger partial charge in [-0.05, 0) is 24.7 Å². The van der Waals surface area contributed by atoms with Gasteiger partial charge >= 0.3 is 0 Å². The minimum absolute atomic E-state index is 0.118. The van der Waals surface area contributed by atoms with Crippen LogP contribution in [0.5, 0.6) is 0 Å². The minimum Gasteiger partial charge on any atom is -0.299 e. The maximum Gasteiger partial charge on any atom is 0.141 e. The summed E-state index contributed by atoms with van der Waals surface area (Å²) in [5, 5.41) is 0. The lowest BCUT2D eigenvalue weighted by Gasteiger charge is -2.59. The Bertz CT molecular complexity index is 307. The van der Waals surface area contributed by atoms with Crippen molar-refractivity contribution in [2.24, 2.45) is 23.2 Å². The summed E-state index contributed by atoms with van der Waals surface area (Å²) in [5.41, 5.74) is 0.185. The monoisotopic (exact) mass is 178 g/mol. The second-order valence-corrected chi connectivity index (χ2v) is 5.17. The Morgan fingerprint density at radius 2 is 2.08 bits per heavy atom. The van der Waals surface area contributed by atoms with Crippen LogP contribution in [0.15, 0.2) is 0 Å². The average molecular weight is 178 g/mol. The summed E-state index contributed by atoms with van der Waals surface area (Å²) < 4.78 is 0. The highest BCUT2D eigenvalue weighted by Gasteiger charge is 2.65. The van der Waals surface area contributed by atoms with Crippen LogP contribution in [-0.2, 0) is 9.59 Å². The Labute approximate surface area is 77.7 Å². The molecule has 4 unspecified atom stereocenters. The molecule has 3 fully saturated rings. The van der Waals surface area contributed by atoms with Crippen LogP contribution in [0.25, 0.3) is 0 Å². The van der Waals surface area contributed by atoms with Crippen LogP contribution in [0.4, 0.5) is 0 Å². The molecule has 4 atom stereocenters. The summed E-state index contributed by atoms with van der Waals surface area (Å²) >= 11 is 0. The molecule has 3 aliphatic carbocycles. The molecule has 4 bridgehead atoms. The SMILES string of the molecule is CC12CCC(=O)C3C(CC1)C(=O)C32. The molecule has 2 heteroatoms. The normalized spacial score (nSPS) is 53.2. The van der Waals surface area contributed by atoms with Crippen molar-refractivity contribution < 1.29 is 9.59 Å². The highest BCUT2D eigenvalue weighted by molar-refractivity contribution is 6.03. The third-order valence-electron chi connectivity index (χ3n) is 4.56. The maximum atomic E-state index is 11.7. The second kappa shape index (κ2) is 2.05. The molecular formula is C11H14O2. The van der Waals surface area contributed by atoms with Gasteiger partial charge in [-0.1, -0.05) is 6.92 Å². The fraction of sp³-hybridized carbons (Fsp3) is 0.818. The quantitative estimate of drug-likeness (QED) is 0.564. The van der Waals surface area contributed by atoms with Crippen molar-refractivity contribution in [3.63, 3.8) is 0 Å². The second-order valence-electron chi connectivity index (χ2n) is 5.17. The zero-order chi connectivity index (χ0) is 9.22. The molecule has 0 aromatic rings. The van der Waals surface area contributed by atoms with Gasteiger partial charge in [-0.25, -0.2) is 0 Å². The highest BCUT2D eigenvalue weighted by atomic mass is 16.1. The van der Waals surface area contributed by atoms with E-state index in [0.717, 1.165) is 25.7 Å². The van der Waals surface area contributed by atoms with Crippen molar-refractivity contribution in [1.82, 2.24) is 0 Å². The van der Waals surface area contributed by atoms with Gasteiger partial charge in [0, 0.05) is 24.2 Å². The Hall–Kier alpha value is -0.660. The summed E-state index contributed by atoms with van der Waals surface area (Å²) in [4.78, 5) is 23.2. The van der Waals surface area contributed by atoms with Crippen molar-refractivity contribution in [2.75, 3.05) is 0 Å². The Kier molecular flexibility index (Phi) is 1.21. The third kappa shape index (κ3) is 0.710. The van der Waals surface area contributed by atoms with Crippen molar-refractivity contribution in [1.29, 1.82) is 0 Å². The molecule has 0 heterocycles. The summed E-state index contributed by atoms with van der Waals surface area (Å²) in [7, 11) is 0. The number of hydrogen-bond acceptors (Lipinski definition) is 2. The molecule has 0 saturated heterocycles. The first-order valence-electron chi connectivity index (χ1n) is 5.20. The van der Waals surface area contributed by atoms with E-state index in [1.807, 2.05) is 0 Å². The van der Waals surface area contributed by atoms with Crippen LogP contribution in [0.1, 0.15) is 32.6 Å². The molecular weight excluding hydrogens is 164 g/mol. The first-order chi connectivity index (χ1) is 6.13. The van der Waals surface area contributed by atoms with Gasteiger partial charge in [-0.3, -0.25) is 9.59 Å². The van der Waals surface area contributed by atoms with Crippen LogP contribution in [0.2, 0.25) is 0 Å². The predicted molar refractivity (Wildman–Crippen MR) is 47.1 cm³/mol. The van der Waals surface area contributed by atoms with E-state index in [1.54, 1.807) is 0 Å². The van der Waals surface area contributed by atoms with Crippen molar-refractivity contribution in [3.05, 3.63) is 0 Å². The Morgan fingerprint density at radius 3 is 2.69 bits per heavy atom. The standard InChI is InChI=1S/C11H14O2/c1-11-4-2-6-8(7(12)3-5-11)9(11)10(6)13/h6,8-9H,2-5H2,1H3. The summed E-state index contributed by atoms with van der Waals surface area (Å²) in [6, 6.07) is 0. The van der Waals surface area contributed by atoms with Crippen molar-refractivity contribution in [3.8, 4) is 0 Å². The van der Waals surface area contributed by atoms with E-state index >= 15 is 0 Å². The number of ketones is 2. The predicted octanol–water partition coefficient (Wildman–Crippen LogP) is 1.58. The fourth-order valence-corrected chi connectivity index (χ4v) is 3.70. The molecule has 0 aliphatic heterocycles. The fourth-order valence-electron chi connectivity index (χ4n) is 3.70. The van der Waals surface area contributed by atoms with Gasteiger partial charge in [0.25, 0.3) is 0 Å². The van der Waals surface area contributed by atoms with Gasteiger partial charge in [0.2, 0.25) is 0 Å². The third-order valence-corrected chi connectivity index (χ3v) is 4.56. The molecule has 0 N–H and O–H groups in total. The van der Waals surface area contributed by atoms with E-state index in [4.69, 9.17) is 0 Å².